The quantitative estimate of drug-likeness (QED) is 0.370. The molecule has 3 rings (SSSR count). The van der Waals surface area contributed by atoms with E-state index < -0.39 is 0 Å². The van der Waals surface area contributed by atoms with Gasteiger partial charge in [-0.05, 0) is 69.0 Å². The maximum Gasteiger partial charge on any atom is 0.251 e. The summed E-state index contributed by atoms with van der Waals surface area (Å²) in [5.74, 6) is 1.35. The molecule has 2 N–H and O–H groups in total. The third-order valence-corrected chi connectivity index (χ3v) is 6.89. The zero-order chi connectivity index (χ0) is 26.4. The molecule has 0 aliphatic rings. The van der Waals surface area contributed by atoms with Gasteiger partial charge in [0.15, 0.2) is 11.0 Å². The lowest BCUT2D eigenvalue weighted by Gasteiger charge is -2.22. The van der Waals surface area contributed by atoms with Gasteiger partial charge in [-0.25, -0.2) is 0 Å². The number of carbonyl (C=O) groups is 2. The predicted octanol–water partition coefficient (Wildman–Crippen LogP) is 5.09. The van der Waals surface area contributed by atoms with Crippen LogP contribution in [0.5, 0.6) is 5.75 Å². The molecular formula is C27H35N5O3S. The Morgan fingerprint density at radius 1 is 1.06 bits per heavy atom. The van der Waals surface area contributed by atoms with Gasteiger partial charge in [0.2, 0.25) is 5.91 Å². The molecule has 0 saturated heterocycles. The minimum atomic E-state index is -0.340. The zero-order valence-corrected chi connectivity index (χ0v) is 22.8. The van der Waals surface area contributed by atoms with Gasteiger partial charge >= 0.3 is 0 Å². The summed E-state index contributed by atoms with van der Waals surface area (Å²) in [5.41, 5.74) is 4.64. The lowest BCUT2D eigenvalue weighted by molar-refractivity contribution is -0.113. The van der Waals surface area contributed by atoms with E-state index in [0.29, 0.717) is 28.8 Å². The molecule has 1 aromatic heterocycles. The molecule has 2 amide bonds. The van der Waals surface area contributed by atoms with Crippen LogP contribution in [-0.2, 0) is 11.3 Å². The summed E-state index contributed by atoms with van der Waals surface area (Å²) < 4.78 is 7.13. The minimum Gasteiger partial charge on any atom is -0.497 e. The maximum atomic E-state index is 12.9. The number of aryl methyl sites for hydroxylation is 3. The SMILES string of the molecule is CCn1c(SCC(=O)Nc2c(C)cc(C)cc2C)nnc1C(NC(=O)c1ccc(OC)cc1)C(C)C. The van der Waals surface area contributed by atoms with Gasteiger partial charge in [-0.1, -0.05) is 43.3 Å². The molecule has 0 bridgehead atoms. The van der Waals surface area contributed by atoms with Gasteiger partial charge in [0.25, 0.3) is 5.91 Å². The first-order valence-corrected chi connectivity index (χ1v) is 13.0. The number of nitrogens with one attached hydrogen (secondary N) is 2. The number of methoxy groups -OCH3 is 1. The van der Waals surface area contributed by atoms with Crippen LogP contribution in [-0.4, -0.2) is 39.4 Å². The molecule has 9 heteroatoms. The highest BCUT2D eigenvalue weighted by Crippen LogP contribution is 2.27. The second kappa shape index (κ2) is 12.1. The van der Waals surface area contributed by atoms with E-state index in [9.17, 15) is 9.59 Å². The smallest absolute Gasteiger partial charge is 0.251 e. The van der Waals surface area contributed by atoms with Crippen molar-refractivity contribution in [2.45, 2.75) is 59.3 Å². The monoisotopic (exact) mass is 509 g/mol. The van der Waals surface area contributed by atoms with Crippen LogP contribution in [0.15, 0.2) is 41.6 Å². The number of hydrogen-bond acceptors (Lipinski definition) is 6. The molecule has 0 radical (unpaired) electrons. The molecule has 1 unspecified atom stereocenters. The van der Waals surface area contributed by atoms with Gasteiger partial charge in [-0.15, -0.1) is 10.2 Å². The first-order valence-electron chi connectivity index (χ1n) is 12.0. The Hall–Kier alpha value is -3.33. The van der Waals surface area contributed by atoms with Crippen LogP contribution < -0.4 is 15.4 Å². The lowest BCUT2D eigenvalue weighted by Crippen LogP contribution is -2.33. The molecule has 3 aromatic rings. The Morgan fingerprint density at radius 3 is 2.25 bits per heavy atom. The van der Waals surface area contributed by atoms with Crippen LogP contribution in [0.2, 0.25) is 0 Å². The van der Waals surface area contributed by atoms with E-state index in [2.05, 4.69) is 33.0 Å². The number of rotatable bonds is 10. The summed E-state index contributed by atoms with van der Waals surface area (Å²) >= 11 is 1.33. The van der Waals surface area contributed by atoms with Crippen LogP contribution in [0.1, 0.15) is 59.7 Å². The minimum absolute atomic E-state index is 0.0790. The Morgan fingerprint density at radius 2 is 1.69 bits per heavy atom. The van der Waals surface area contributed by atoms with Gasteiger partial charge in [-0.2, -0.15) is 0 Å². The molecule has 1 heterocycles. The number of carbonyl (C=O) groups excluding carboxylic acids is 2. The molecule has 1 atom stereocenters. The number of nitrogens with zero attached hydrogens (tertiary/aromatic N) is 3. The van der Waals surface area contributed by atoms with Crippen molar-refractivity contribution in [2.75, 3.05) is 18.2 Å². The summed E-state index contributed by atoms with van der Waals surface area (Å²) in [5, 5.41) is 15.5. The average molecular weight is 510 g/mol. The zero-order valence-electron chi connectivity index (χ0n) is 22.0. The number of hydrogen-bond donors (Lipinski definition) is 2. The van der Waals surface area contributed by atoms with E-state index >= 15 is 0 Å². The molecule has 0 saturated carbocycles. The van der Waals surface area contributed by atoms with Crippen LogP contribution in [0, 0.1) is 26.7 Å². The maximum absolute atomic E-state index is 12.9. The molecule has 0 aliphatic heterocycles. The van der Waals surface area contributed by atoms with E-state index in [0.717, 1.165) is 16.8 Å². The third-order valence-electron chi connectivity index (χ3n) is 5.92. The molecule has 8 nitrogen and oxygen atoms in total. The highest BCUT2D eigenvalue weighted by Gasteiger charge is 2.26. The van der Waals surface area contributed by atoms with E-state index in [-0.39, 0.29) is 29.5 Å². The molecule has 0 fully saturated rings. The highest BCUT2D eigenvalue weighted by atomic mass is 32.2. The van der Waals surface area contributed by atoms with Gasteiger partial charge in [-0.3, -0.25) is 9.59 Å². The first-order chi connectivity index (χ1) is 17.1. The van der Waals surface area contributed by atoms with Crippen molar-refractivity contribution in [3.63, 3.8) is 0 Å². The van der Waals surface area contributed by atoms with Crippen molar-refractivity contribution < 1.29 is 14.3 Å². The summed E-state index contributed by atoms with van der Waals surface area (Å²) in [4.78, 5) is 25.7. The largest absolute Gasteiger partial charge is 0.497 e. The lowest BCUT2D eigenvalue weighted by atomic mass is 10.0. The van der Waals surface area contributed by atoms with Crippen molar-refractivity contribution in [1.82, 2.24) is 20.1 Å². The molecule has 192 valence electrons. The van der Waals surface area contributed by atoms with Crippen LogP contribution in [0.25, 0.3) is 0 Å². The fourth-order valence-electron chi connectivity index (χ4n) is 4.11. The Balaban J connectivity index is 1.72. The molecule has 0 aliphatic carbocycles. The fourth-order valence-corrected chi connectivity index (χ4v) is 4.92. The number of amides is 2. The Labute approximate surface area is 217 Å². The van der Waals surface area contributed by atoms with Crippen molar-refractivity contribution in [1.29, 1.82) is 0 Å². The van der Waals surface area contributed by atoms with E-state index in [1.807, 2.05) is 46.1 Å². The van der Waals surface area contributed by atoms with Crippen molar-refractivity contribution >= 4 is 29.3 Å². The number of ether oxygens (including phenoxy) is 1. The van der Waals surface area contributed by atoms with Gasteiger partial charge < -0.3 is 19.9 Å². The fraction of sp³-hybridized carbons (Fsp3) is 0.407. The normalized spacial score (nSPS) is 11.9. The Bertz CT molecular complexity index is 1200. The van der Waals surface area contributed by atoms with Gasteiger partial charge in [0, 0.05) is 17.8 Å². The number of benzene rings is 2. The van der Waals surface area contributed by atoms with Crippen molar-refractivity contribution in [3.05, 3.63) is 64.5 Å². The van der Waals surface area contributed by atoms with Crippen LogP contribution >= 0.6 is 11.8 Å². The first kappa shape index (κ1) is 27.3. The summed E-state index contributed by atoms with van der Waals surface area (Å²) in [6.07, 6.45) is 0. The summed E-state index contributed by atoms with van der Waals surface area (Å²) in [6.45, 7) is 12.7. The number of aromatic nitrogens is 3. The van der Waals surface area contributed by atoms with E-state index in [1.165, 1.54) is 17.3 Å². The standard InChI is InChI=1S/C27H35N5O3S/c1-8-32-25(23(16(2)3)29-26(34)20-9-11-21(35-7)12-10-20)30-31-27(32)36-15-22(33)28-24-18(5)13-17(4)14-19(24)6/h9-14,16,23H,8,15H2,1-7H3,(H,28,33)(H,29,34). The topological polar surface area (TPSA) is 98.1 Å². The third kappa shape index (κ3) is 6.46. The van der Waals surface area contributed by atoms with Crippen LogP contribution in [0.3, 0.4) is 0 Å². The summed E-state index contributed by atoms with van der Waals surface area (Å²) in [6, 6.07) is 10.7. The summed E-state index contributed by atoms with van der Waals surface area (Å²) in [7, 11) is 1.59. The van der Waals surface area contributed by atoms with E-state index in [4.69, 9.17) is 4.74 Å². The highest BCUT2D eigenvalue weighted by molar-refractivity contribution is 7.99. The predicted molar refractivity (Wildman–Crippen MR) is 144 cm³/mol. The van der Waals surface area contributed by atoms with Gasteiger partial charge in [0.05, 0.1) is 18.9 Å². The second-order valence-electron chi connectivity index (χ2n) is 9.12. The van der Waals surface area contributed by atoms with E-state index in [1.54, 1.807) is 31.4 Å². The number of anilines is 1. The Kier molecular flexibility index (Phi) is 9.14. The van der Waals surface area contributed by atoms with Crippen molar-refractivity contribution in [3.8, 4) is 5.75 Å². The molecule has 0 spiro atoms. The molecule has 36 heavy (non-hydrogen) atoms. The molecule has 2 aromatic carbocycles. The van der Waals surface area contributed by atoms with Crippen molar-refractivity contribution in [2.24, 2.45) is 5.92 Å². The number of thioether (sulfide) groups is 1. The van der Waals surface area contributed by atoms with Gasteiger partial charge in [0.1, 0.15) is 5.75 Å². The molecular weight excluding hydrogens is 474 g/mol. The van der Waals surface area contributed by atoms with Crippen LogP contribution in [0.4, 0.5) is 5.69 Å². The average Bonchev–Trinajstić information content (AvgIpc) is 3.25. The second-order valence-corrected chi connectivity index (χ2v) is 10.1.